The van der Waals surface area contributed by atoms with Crippen molar-refractivity contribution >= 4 is 11.5 Å². The molecular weight excluding hydrogens is 241 g/mol. The smallest absolute Gasteiger partial charge is 0.187 e. The number of hydrogen-bond donors (Lipinski definition) is 1. The van der Waals surface area contributed by atoms with E-state index < -0.39 is 0 Å². The van der Waals surface area contributed by atoms with E-state index in [0.29, 0.717) is 16.9 Å². The molecule has 0 fully saturated rings. The minimum Gasteiger partial charge on any atom is -0.357 e. The zero-order valence-corrected chi connectivity index (χ0v) is 10.6. The third-order valence-electron chi connectivity index (χ3n) is 2.61. The lowest BCUT2D eigenvalue weighted by Gasteiger charge is -2.07. The molecule has 0 heterocycles. The maximum absolute atomic E-state index is 13.4. The Balaban J connectivity index is 2.12. The van der Waals surface area contributed by atoms with Gasteiger partial charge in [0.1, 0.15) is 5.82 Å². The molecule has 0 aromatic heterocycles. The highest BCUT2D eigenvalue weighted by Gasteiger charge is 2.04. The van der Waals surface area contributed by atoms with Gasteiger partial charge in [0.2, 0.25) is 0 Å². The van der Waals surface area contributed by atoms with Crippen molar-refractivity contribution in [1.82, 2.24) is 0 Å². The van der Waals surface area contributed by atoms with Crippen molar-refractivity contribution in [2.45, 2.75) is 6.92 Å². The molecule has 2 aromatic carbocycles. The molecule has 0 radical (unpaired) electrons. The summed E-state index contributed by atoms with van der Waals surface area (Å²) in [7, 11) is 0. The van der Waals surface area contributed by atoms with Crippen LogP contribution in [0.5, 0.6) is 0 Å². The lowest BCUT2D eigenvalue weighted by Crippen LogP contribution is -2.02. The Morgan fingerprint density at radius 2 is 1.68 bits per heavy atom. The second-order valence-electron chi connectivity index (χ2n) is 4.16. The zero-order valence-electron chi connectivity index (χ0n) is 10.6. The quantitative estimate of drug-likeness (QED) is 0.660. The van der Waals surface area contributed by atoms with Crippen molar-refractivity contribution in [2.75, 3.05) is 5.32 Å². The van der Waals surface area contributed by atoms with Crippen LogP contribution in [0.3, 0.4) is 0 Å². The Hall–Kier alpha value is -2.42. The Bertz CT molecular complexity index is 605. The van der Waals surface area contributed by atoms with Crippen LogP contribution in [0.25, 0.3) is 0 Å². The summed E-state index contributed by atoms with van der Waals surface area (Å²) in [6, 6.07) is 15.3. The topological polar surface area (TPSA) is 29.1 Å². The maximum Gasteiger partial charge on any atom is 0.187 e. The first kappa shape index (κ1) is 13.0. The Morgan fingerprint density at radius 1 is 1.05 bits per heavy atom. The average Bonchev–Trinajstić information content (AvgIpc) is 2.42. The molecule has 0 unspecified atom stereocenters. The molecule has 0 aliphatic heterocycles. The lowest BCUT2D eigenvalue weighted by molar-refractivity contribution is 0.104. The molecule has 0 aliphatic carbocycles. The highest BCUT2D eigenvalue weighted by Crippen LogP contribution is 2.15. The molecule has 0 aliphatic rings. The largest absolute Gasteiger partial charge is 0.357 e. The van der Waals surface area contributed by atoms with Gasteiger partial charge in [0, 0.05) is 17.3 Å². The number of para-hydroxylation sites is 1. The third kappa shape index (κ3) is 3.52. The van der Waals surface area contributed by atoms with Gasteiger partial charge in [0.15, 0.2) is 5.78 Å². The van der Waals surface area contributed by atoms with Gasteiger partial charge in [0.25, 0.3) is 0 Å². The lowest BCUT2D eigenvalue weighted by atomic mass is 10.1. The third-order valence-corrected chi connectivity index (χ3v) is 2.61. The minimum atomic E-state index is -0.345. The van der Waals surface area contributed by atoms with Crippen LogP contribution in [0, 0.1) is 5.82 Å². The van der Waals surface area contributed by atoms with Gasteiger partial charge in [-0.2, -0.15) is 0 Å². The van der Waals surface area contributed by atoms with Crippen LogP contribution in [-0.2, 0) is 0 Å². The van der Waals surface area contributed by atoms with Crippen LogP contribution in [0.1, 0.15) is 17.3 Å². The first-order chi connectivity index (χ1) is 9.16. The number of allylic oxidation sites excluding steroid dienone is 2. The van der Waals surface area contributed by atoms with E-state index in [1.807, 2.05) is 6.07 Å². The van der Waals surface area contributed by atoms with Crippen LogP contribution in [-0.4, -0.2) is 5.78 Å². The number of anilines is 1. The van der Waals surface area contributed by atoms with Gasteiger partial charge in [-0.05, 0) is 19.1 Å². The fourth-order valence-electron chi connectivity index (χ4n) is 1.69. The predicted octanol–water partition coefficient (Wildman–Crippen LogP) is 4.02. The van der Waals surface area contributed by atoms with Gasteiger partial charge >= 0.3 is 0 Å². The Labute approximate surface area is 111 Å². The number of ketones is 1. The van der Waals surface area contributed by atoms with Gasteiger partial charge in [-0.3, -0.25) is 4.79 Å². The maximum atomic E-state index is 13.4. The van der Waals surface area contributed by atoms with Crippen LogP contribution in [0.2, 0.25) is 0 Å². The summed E-state index contributed by atoms with van der Waals surface area (Å²) in [5.41, 5.74) is 1.56. The molecule has 3 heteroatoms. The zero-order chi connectivity index (χ0) is 13.7. The average molecular weight is 255 g/mol. The van der Waals surface area contributed by atoms with Gasteiger partial charge in [0.05, 0.1) is 5.69 Å². The van der Waals surface area contributed by atoms with Gasteiger partial charge in [-0.15, -0.1) is 0 Å². The van der Waals surface area contributed by atoms with E-state index in [-0.39, 0.29) is 11.6 Å². The molecule has 0 amide bonds. The van der Waals surface area contributed by atoms with Gasteiger partial charge in [-0.25, -0.2) is 4.39 Å². The fraction of sp³-hybridized carbons (Fsp3) is 0.0625. The summed E-state index contributed by atoms with van der Waals surface area (Å²) in [5.74, 6) is -0.454. The number of halogens is 1. The summed E-state index contributed by atoms with van der Waals surface area (Å²) < 4.78 is 13.4. The highest BCUT2D eigenvalue weighted by molar-refractivity contribution is 6.05. The summed E-state index contributed by atoms with van der Waals surface area (Å²) in [5, 5.41) is 2.88. The normalized spacial score (nSPS) is 11.2. The van der Waals surface area contributed by atoms with Crippen molar-refractivity contribution < 1.29 is 9.18 Å². The number of carbonyl (C=O) groups is 1. The molecule has 0 spiro atoms. The molecular formula is C16H14FNO. The van der Waals surface area contributed by atoms with E-state index in [1.54, 1.807) is 49.4 Å². The summed E-state index contributed by atoms with van der Waals surface area (Å²) in [6.07, 6.45) is 1.46. The van der Waals surface area contributed by atoms with E-state index in [2.05, 4.69) is 5.32 Å². The van der Waals surface area contributed by atoms with E-state index in [4.69, 9.17) is 0 Å². The van der Waals surface area contributed by atoms with Crippen molar-refractivity contribution in [1.29, 1.82) is 0 Å². The number of carbonyl (C=O) groups excluding carboxylic acids is 1. The Morgan fingerprint density at radius 3 is 2.37 bits per heavy atom. The second-order valence-corrected chi connectivity index (χ2v) is 4.16. The minimum absolute atomic E-state index is 0.109. The van der Waals surface area contributed by atoms with E-state index in [0.717, 1.165) is 0 Å². The monoisotopic (exact) mass is 255 g/mol. The molecule has 0 saturated heterocycles. The molecule has 0 saturated carbocycles. The van der Waals surface area contributed by atoms with Crippen LogP contribution >= 0.6 is 0 Å². The number of hydrogen-bond acceptors (Lipinski definition) is 2. The molecule has 2 aromatic rings. The van der Waals surface area contributed by atoms with Crippen molar-refractivity contribution in [3.8, 4) is 0 Å². The van der Waals surface area contributed by atoms with Crippen molar-refractivity contribution in [3.63, 3.8) is 0 Å². The van der Waals surface area contributed by atoms with E-state index >= 15 is 0 Å². The standard InChI is InChI=1S/C16H14FNO/c1-12(18-15-10-6-5-9-14(15)17)11-16(19)13-7-3-2-4-8-13/h2-11,18H,1H3. The summed E-state index contributed by atoms with van der Waals surface area (Å²) in [6.45, 7) is 1.73. The Kier molecular flexibility index (Phi) is 4.08. The van der Waals surface area contributed by atoms with Crippen molar-refractivity contribution in [3.05, 3.63) is 77.8 Å². The first-order valence-corrected chi connectivity index (χ1v) is 5.96. The number of rotatable bonds is 4. The van der Waals surface area contributed by atoms with Crippen LogP contribution < -0.4 is 5.32 Å². The molecule has 0 bridgehead atoms. The molecule has 96 valence electrons. The molecule has 1 N–H and O–H groups in total. The predicted molar refractivity (Wildman–Crippen MR) is 74.6 cm³/mol. The summed E-state index contributed by atoms with van der Waals surface area (Å²) >= 11 is 0. The SMILES string of the molecule is CC(=CC(=O)c1ccccc1)Nc1ccccc1F. The molecule has 2 rings (SSSR count). The fourth-order valence-corrected chi connectivity index (χ4v) is 1.69. The number of benzene rings is 2. The van der Waals surface area contributed by atoms with Crippen molar-refractivity contribution in [2.24, 2.45) is 0 Å². The molecule has 19 heavy (non-hydrogen) atoms. The van der Waals surface area contributed by atoms with Gasteiger partial charge in [-0.1, -0.05) is 42.5 Å². The van der Waals surface area contributed by atoms with E-state index in [1.165, 1.54) is 12.1 Å². The first-order valence-electron chi connectivity index (χ1n) is 5.96. The highest BCUT2D eigenvalue weighted by atomic mass is 19.1. The van der Waals surface area contributed by atoms with Crippen LogP contribution in [0.4, 0.5) is 10.1 Å². The van der Waals surface area contributed by atoms with Gasteiger partial charge < -0.3 is 5.32 Å². The number of nitrogens with one attached hydrogen (secondary N) is 1. The summed E-state index contributed by atoms with van der Waals surface area (Å²) in [4.78, 5) is 11.9. The van der Waals surface area contributed by atoms with E-state index in [9.17, 15) is 9.18 Å². The second kappa shape index (κ2) is 5.96. The molecule has 0 atom stereocenters. The molecule has 2 nitrogen and oxygen atoms in total. The van der Waals surface area contributed by atoms with Crippen LogP contribution in [0.15, 0.2) is 66.4 Å².